The summed E-state index contributed by atoms with van der Waals surface area (Å²) in [6, 6.07) is 6.05. The second-order valence-electron chi connectivity index (χ2n) is 5.46. The molecule has 3 N–H and O–H groups in total. The first-order valence-electron chi connectivity index (χ1n) is 6.91. The number of benzene rings is 1. The highest BCUT2D eigenvalue weighted by molar-refractivity contribution is 9.10. The van der Waals surface area contributed by atoms with Crippen LogP contribution in [-0.4, -0.2) is 11.5 Å². The monoisotopic (exact) mass is 340 g/mol. The van der Waals surface area contributed by atoms with E-state index in [1.54, 1.807) is 0 Å². The van der Waals surface area contributed by atoms with Gasteiger partial charge in [-0.15, -0.1) is 0 Å². The van der Waals surface area contributed by atoms with E-state index in [9.17, 15) is 0 Å². The van der Waals surface area contributed by atoms with Crippen LogP contribution in [0.4, 0.5) is 5.69 Å². The fourth-order valence-corrected chi connectivity index (χ4v) is 3.34. The van der Waals surface area contributed by atoms with E-state index >= 15 is 0 Å². The highest BCUT2D eigenvalue weighted by Crippen LogP contribution is 2.30. The van der Waals surface area contributed by atoms with Crippen molar-refractivity contribution in [1.29, 1.82) is 0 Å². The van der Waals surface area contributed by atoms with Gasteiger partial charge >= 0.3 is 0 Å². The SMILES string of the molecule is CC1CCCCC1CNc1ccc(Br)cc1C(N)=S. The lowest BCUT2D eigenvalue weighted by atomic mass is 9.80. The van der Waals surface area contributed by atoms with Crippen LogP contribution in [0.1, 0.15) is 38.2 Å². The van der Waals surface area contributed by atoms with Gasteiger partial charge in [-0.25, -0.2) is 0 Å². The molecular weight excluding hydrogens is 320 g/mol. The third-order valence-corrected chi connectivity index (χ3v) is 4.80. The predicted molar refractivity (Wildman–Crippen MR) is 89.6 cm³/mol. The van der Waals surface area contributed by atoms with Crippen LogP contribution in [-0.2, 0) is 0 Å². The summed E-state index contributed by atoms with van der Waals surface area (Å²) in [5.41, 5.74) is 7.76. The van der Waals surface area contributed by atoms with Gasteiger partial charge in [0.15, 0.2) is 0 Å². The highest BCUT2D eigenvalue weighted by atomic mass is 79.9. The fraction of sp³-hybridized carbons (Fsp3) is 0.533. The van der Waals surface area contributed by atoms with E-state index in [1.165, 1.54) is 25.7 Å². The molecule has 1 aromatic rings. The van der Waals surface area contributed by atoms with Crippen LogP contribution >= 0.6 is 28.1 Å². The van der Waals surface area contributed by atoms with Crippen molar-refractivity contribution in [2.75, 3.05) is 11.9 Å². The van der Waals surface area contributed by atoms with Gasteiger partial charge in [0.1, 0.15) is 4.99 Å². The molecule has 1 aliphatic rings. The maximum atomic E-state index is 5.79. The first kappa shape index (κ1) is 14.8. The maximum absolute atomic E-state index is 5.79. The Morgan fingerprint density at radius 3 is 2.84 bits per heavy atom. The number of nitrogens with two attached hydrogens (primary N) is 1. The van der Waals surface area contributed by atoms with E-state index in [0.29, 0.717) is 4.99 Å². The van der Waals surface area contributed by atoms with Crippen LogP contribution in [0.3, 0.4) is 0 Å². The molecule has 2 nitrogen and oxygen atoms in total. The van der Waals surface area contributed by atoms with Crippen molar-refractivity contribution in [1.82, 2.24) is 0 Å². The second-order valence-corrected chi connectivity index (χ2v) is 6.81. The van der Waals surface area contributed by atoms with Gasteiger partial charge in [-0.05, 0) is 36.5 Å². The van der Waals surface area contributed by atoms with Gasteiger partial charge in [0.25, 0.3) is 0 Å². The minimum Gasteiger partial charge on any atom is -0.389 e. The molecule has 0 heterocycles. The molecule has 0 saturated heterocycles. The molecule has 2 unspecified atom stereocenters. The van der Waals surface area contributed by atoms with Crippen LogP contribution in [0.25, 0.3) is 0 Å². The predicted octanol–water partition coefficient (Wildman–Crippen LogP) is 4.32. The minimum atomic E-state index is 0.445. The summed E-state index contributed by atoms with van der Waals surface area (Å²) < 4.78 is 1.01. The molecule has 1 aliphatic carbocycles. The Morgan fingerprint density at radius 1 is 1.42 bits per heavy atom. The van der Waals surface area contributed by atoms with Gasteiger partial charge in [-0.1, -0.05) is 54.3 Å². The number of hydrogen-bond donors (Lipinski definition) is 2. The summed E-state index contributed by atoms with van der Waals surface area (Å²) in [5, 5.41) is 3.53. The molecule has 0 aromatic heterocycles. The van der Waals surface area contributed by atoms with E-state index in [1.807, 2.05) is 18.2 Å². The topological polar surface area (TPSA) is 38.0 Å². The lowest BCUT2D eigenvalue weighted by Gasteiger charge is -2.29. The van der Waals surface area contributed by atoms with E-state index in [0.717, 1.165) is 34.1 Å². The summed E-state index contributed by atoms with van der Waals surface area (Å²) in [6.45, 7) is 3.37. The number of halogens is 1. The lowest BCUT2D eigenvalue weighted by Crippen LogP contribution is -2.25. The summed E-state index contributed by atoms with van der Waals surface area (Å²) in [7, 11) is 0. The van der Waals surface area contributed by atoms with Gasteiger partial charge in [-0.2, -0.15) is 0 Å². The van der Waals surface area contributed by atoms with E-state index in [4.69, 9.17) is 18.0 Å². The van der Waals surface area contributed by atoms with Crippen LogP contribution < -0.4 is 11.1 Å². The molecule has 0 spiro atoms. The van der Waals surface area contributed by atoms with Crippen molar-refractivity contribution < 1.29 is 0 Å². The Hall–Kier alpha value is -0.610. The molecule has 4 heteroatoms. The zero-order valence-electron chi connectivity index (χ0n) is 11.3. The Balaban J connectivity index is 2.04. The molecule has 2 atom stereocenters. The van der Waals surface area contributed by atoms with Crippen molar-refractivity contribution in [2.24, 2.45) is 17.6 Å². The van der Waals surface area contributed by atoms with Crippen LogP contribution in [0.2, 0.25) is 0 Å². The average molecular weight is 341 g/mol. The standard InChI is InChI=1S/C15H21BrN2S/c1-10-4-2-3-5-11(10)9-18-14-7-6-12(16)8-13(14)15(17)19/h6-8,10-11,18H,2-5,9H2,1H3,(H2,17,19). The van der Waals surface area contributed by atoms with E-state index in [2.05, 4.69) is 28.2 Å². The lowest BCUT2D eigenvalue weighted by molar-refractivity contribution is 0.268. The molecule has 1 fully saturated rings. The van der Waals surface area contributed by atoms with Gasteiger partial charge in [0.2, 0.25) is 0 Å². The molecule has 1 saturated carbocycles. The van der Waals surface area contributed by atoms with Crippen molar-refractivity contribution in [3.63, 3.8) is 0 Å². The third-order valence-electron chi connectivity index (χ3n) is 4.09. The minimum absolute atomic E-state index is 0.445. The molecule has 104 valence electrons. The number of thiocarbonyl (C=S) groups is 1. The summed E-state index contributed by atoms with van der Waals surface area (Å²) in [5.74, 6) is 1.57. The first-order chi connectivity index (χ1) is 9.08. The first-order valence-corrected chi connectivity index (χ1v) is 8.11. The largest absolute Gasteiger partial charge is 0.389 e. The van der Waals surface area contributed by atoms with E-state index < -0.39 is 0 Å². The van der Waals surface area contributed by atoms with Crippen molar-refractivity contribution in [3.8, 4) is 0 Å². The molecule has 0 aliphatic heterocycles. The van der Waals surface area contributed by atoms with Crippen LogP contribution in [0.5, 0.6) is 0 Å². The average Bonchev–Trinajstić information content (AvgIpc) is 2.38. The van der Waals surface area contributed by atoms with Crippen molar-refractivity contribution >= 4 is 38.8 Å². The molecule has 19 heavy (non-hydrogen) atoms. The molecular formula is C15H21BrN2S. The fourth-order valence-electron chi connectivity index (χ4n) is 2.81. The number of nitrogens with one attached hydrogen (secondary N) is 1. The van der Waals surface area contributed by atoms with E-state index in [-0.39, 0.29) is 0 Å². The Kier molecular flexibility index (Phi) is 5.22. The van der Waals surface area contributed by atoms with Crippen molar-refractivity contribution in [2.45, 2.75) is 32.6 Å². The highest BCUT2D eigenvalue weighted by Gasteiger charge is 2.21. The van der Waals surface area contributed by atoms with Crippen LogP contribution in [0, 0.1) is 11.8 Å². The number of hydrogen-bond acceptors (Lipinski definition) is 2. The summed E-state index contributed by atoms with van der Waals surface area (Å²) in [4.78, 5) is 0.445. The zero-order chi connectivity index (χ0) is 13.8. The van der Waals surface area contributed by atoms with Gasteiger partial charge < -0.3 is 11.1 Å². The quantitative estimate of drug-likeness (QED) is 0.801. The molecule has 2 rings (SSSR count). The van der Waals surface area contributed by atoms with Gasteiger partial charge in [0.05, 0.1) is 0 Å². The van der Waals surface area contributed by atoms with Crippen LogP contribution in [0.15, 0.2) is 22.7 Å². The zero-order valence-corrected chi connectivity index (χ0v) is 13.7. The molecule has 0 bridgehead atoms. The Morgan fingerprint density at radius 2 is 2.16 bits per heavy atom. The maximum Gasteiger partial charge on any atom is 0.106 e. The van der Waals surface area contributed by atoms with Crippen molar-refractivity contribution in [3.05, 3.63) is 28.2 Å². The molecule has 0 amide bonds. The van der Waals surface area contributed by atoms with Gasteiger partial charge in [0, 0.05) is 22.3 Å². The molecule has 0 radical (unpaired) electrons. The summed E-state index contributed by atoms with van der Waals surface area (Å²) >= 11 is 8.58. The summed E-state index contributed by atoms with van der Waals surface area (Å²) in [6.07, 6.45) is 5.43. The number of anilines is 1. The third kappa shape index (κ3) is 3.93. The second kappa shape index (κ2) is 6.71. The Labute approximate surface area is 129 Å². The Bertz CT molecular complexity index is 461. The number of rotatable bonds is 4. The normalized spacial score (nSPS) is 23.1. The smallest absolute Gasteiger partial charge is 0.106 e. The van der Waals surface area contributed by atoms with Gasteiger partial charge in [-0.3, -0.25) is 0 Å². The molecule has 1 aromatic carbocycles.